The molecule has 2 rings (SSSR count). The van der Waals surface area contributed by atoms with Crippen molar-refractivity contribution >= 4 is 16.5 Å². The Morgan fingerprint density at radius 2 is 2.25 bits per heavy atom. The van der Waals surface area contributed by atoms with Crippen molar-refractivity contribution in [2.24, 2.45) is 5.92 Å². The van der Waals surface area contributed by atoms with Crippen molar-refractivity contribution in [3.05, 3.63) is 5.69 Å². The zero-order chi connectivity index (χ0) is 11.4. The quantitative estimate of drug-likeness (QED) is 0.880. The van der Waals surface area contributed by atoms with Gasteiger partial charge in [-0.1, -0.05) is 30.7 Å². The first-order chi connectivity index (χ1) is 7.81. The Morgan fingerprint density at radius 1 is 1.44 bits per heavy atom. The van der Waals surface area contributed by atoms with Gasteiger partial charge in [0.25, 0.3) is 0 Å². The second-order valence-electron chi connectivity index (χ2n) is 4.39. The van der Waals surface area contributed by atoms with Gasteiger partial charge in [0.05, 0.1) is 12.7 Å². The van der Waals surface area contributed by atoms with Gasteiger partial charge in [0.15, 0.2) is 0 Å². The van der Waals surface area contributed by atoms with Gasteiger partial charge in [-0.05, 0) is 18.8 Å². The monoisotopic (exact) mass is 241 g/mol. The maximum Gasteiger partial charge on any atom is 0.133 e. The summed E-state index contributed by atoms with van der Waals surface area (Å²) in [6.45, 7) is 2.76. The number of aromatic nitrogens is 2. The number of anilines is 1. The van der Waals surface area contributed by atoms with Gasteiger partial charge in [0.1, 0.15) is 10.7 Å². The third-order valence-corrected chi connectivity index (χ3v) is 3.98. The summed E-state index contributed by atoms with van der Waals surface area (Å²) in [6.07, 6.45) is 6.70. The Morgan fingerprint density at radius 3 is 2.94 bits per heavy atom. The molecule has 0 bridgehead atoms. The molecule has 4 nitrogen and oxygen atoms in total. The average Bonchev–Trinajstić information content (AvgIpc) is 2.72. The summed E-state index contributed by atoms with van der Waals surface area (Å²) in [5.74, 6) is 0.710. The maximum atomic E-state index is 5.94. The van der Waals surface area contributed by atoms with Crippen LogP contribution in [0.5, 0.6) is 0 Å². The highest BCUT2D eigenvalue weighted by molar-refractivity contribution is 7.09. The first-order valence-corrected chi connectivity index (χ1v) is 6.77. The third kappa shape index (κ3) is 2.71. The Hall–Kier alpha value is -0.680. The molecular weight excluding hydrogens is 222 g/mol. The Kier molecular flexibility index (Phi) is 4.12. The average molecular weight is 241 g/mol. The normalized spacial score (nSPS) is 25.8. The van der Waals surface area contributed by atoms with Gasteiger partial charge in [-0.15, -0.1) is 5.10 Å². The Balaban J connectivity index is 1.86. The van der Waals surface area contributed by atoms with Gasteiger partial charge < -0.3 is 10.5 Å². The summed E-state index contributed by atoms with van der Waals surface area (Å²) >= 11 is 1.23. The first-order valence-electron chi connectivity index (χ1n) is 5.99. The molecule has 2 unspecified atom stereocenters. The zero-order valence-corrected chi connectivity index (χ0v) is 10.5. The number of nitrogen functional groups attached to an aromatic ring is 1. The fourth-order valence-electron chi connectivity index (χ4n) is 2.36. The van der Waals surface area contributed by atoms with E-state index in [0.717, 1.165) is 5.69 Å². The Bertz CT molecular complexity index is 329. The second-order valence-corrected chi connectivity index (χ2v) is 5.17. The van der Waals surface area contributed by atoms with Gasteiger partial charge in [-0.3, -0.25) is 0 Å². The minimum Gasteiger partial charge on any atom is -0.388 e. The topological polar surface area (TPSA) is 61.0 Å². The van der Waals surface area contributed by atoms with Gasteiger partial charge in [0.2, 0.25) is 0 Å². The highest BCUT2D eigenvalue weighted by atomic mass is 32.1. The van der Waals surface area contributed by atoms with Crippen molar-refractivity contribution in [2.45, 2.75) is 51.7 Å². The fraction of sp³-hybridized carbons (Fsp3) is 0.818. The molecule has 1 heterocycles. The van der Waals surface area contributed by atoms with E-state index in [9.17, 15) is 0 Å². The van der Waals surface area contributed by atoms with Crippen LogP contribution in [0.1, 0.15) is 44.7 Å². The molecule has 0 aromatic carbocycles. The number of hydrogen-bond acceptors (Lipinski definition) is 5. The van der Waals surface area contributed by atoms with E-state index in [1.807, 2.05) is 0 Å². The van der Waals surface area contributed by atoms with Gasteiger partial charge in [0, 0.05) is 11.5 Å². The third-order valence-electron chi connectivity index (χ3n) is 3.38. The molecule has 1 fully saturated rings. The molecule has 0 radical (unpaired) electrons. The fourth-order valence-corrected chi connectivity index (χ4v) is 2.79. The smallest absolute Gasteiger partial charge is 0.133 e. The molecule has 16 heavy (non-hydrogen) atoms. The van der Waals surface area contributed by atoms with E-state index < -0.39 is 0 Å². The van der Waals surface area contributed by atoms with Crippen molar-refractivity contribution < 1.29 is 4.74 Å². The summed E-state index contributed by atoms with van der Waals surface area (Å²) in [6, 6.07) is 0. The van der Waals surface area contributed by atoms with E-state index in [1.165, 1.54) is 43.6 Å². The van der Waals surface area contributed by atoms with Crippen LogP contribution in [0.15, 0.2) is 0 Å². The van der Waals surface area contributed by atoms with E-state index in [2.05, 4.69) is 16.5 Å². The maximum absolute atomic E-state index is 5.94. The van der Waals surface area contributed by atoms with Crippen LogP contribution < -0.4 is 5.73 Å². The van der Waals surface area contributed by atoms with Crippen LogP contribution in [0.25, 0.3) is 0 Å². The molecule has 90 valence electrons. The molecule has 0 spiro atoms. The van der Waals surface area contributed by atoms with Crippen LogP contribution in [-0.2, 0) is 11.3 Å². The van der Waals surface area contributed by atoms with Crippen molar-refractivity contribution in [3.8, 4) is 0 Å². The molecule has 0 saturated heterocycles. The van der Waals surface area contributed by atoms with Gasteiger partial charge >= 0.3 is 0 Å². The highest BCUT2D eigenvalue weighted by Crippen LogP contribution is 2.30. The van der Waals surface area contributed by atoms with Crippen molar-refractivity contribution in [2.75, 3.05) is 5.73 Å². The van der Waals surface area contributed by atoms with Crippen LogP contribution in [0.4, 0.5) is 5.00 Å². The number of nitrogens with two attached hydrogens (primary N) is 1. The van der Waals surface area contributed by atoms with E-state index >= 15 is 0 Å². The van der Waals surface area contributed by atoms with Crippen molar-refractivity contribution in [1.29, 1.82) is 0 Å². The summed E-state index contributed by atoms with van der Waals surface area (Å²) in [5.41, 5.74) is 6.53. The molecular formula is C11H19N3OS. The lowest BCUT2D eigenvalue weighted by Crippen LogP contribution is -2.27. The number of nitrogens with zero attached hydrogens (tertiary/aromatic N) is 2. The van der Waals surface area contributed by atoms with Crippen molar-refractivity contribution in [3.63, 3.8) is 0 Å². The molecule has 1 aromatic heterocycles. The van der Waals surface area contributed by atoms with Crippen LogP contribution in [0.2, 0.25) is 0 Å². The number of hydrogen-bond donors (Lipinski definition) is 1. The van der Waals surface area contributed by atoms with E-state index in [0.29, 0.717) is 23.6 Å². The highest BCUT2D eigenvalue weighted by Gasteiger charge is 2.24. The number of ether oxygens (including phenoxy) is 1. The van der Waals surface area contributed by atoms with E-state index in [-0.39, 0.29) is 0 Å². The lowest BCUT2D eigenvalue weighted by Gasteiger charge is -2.30. The number of rotatable bonds is 4. The van der Waals surface area contributed by atoms with Crippen LogP contribution in [0.3, 0.4) is 0 Å². The van der Waals surface area contributed by atoms with Crippen molar-refractivity contribution in [1.82, 2.24) is 9.59 Å². The Labute approximate surface area is 100 Å². The lowest BCUT2D eigenvalue weighted by atomic mass is 9.85. The molecule has 5 heteroatoms. The van der Waals surface area contributed by atoms with E-state index in [4.69, 9.17) is 10.5 Å². The van der Waals surface area contributed by atoms with Crippen LogP contribution >= 0.6 is 11.5 Å². The standard InChI is InChI=1S/C11H19N3OS/c1-2-8-5-3-4-6-10(8)15-7-9-11(12)16-14-13-9/h8,10H,2-7,12H2,1H3. The van der Waals surface area contributed by atoms with Gasteiger partial charge in [-0.25, -0.2) is 0 Å². The SMILES string of the molecule is CCC1CCCCC1OCc1nnsc1N. The van der Waals surface area contributed by atoms with Gasteiger partial charge in [-0.2, -0.15) is 0 Å². The molecule has 2 N–H and O–H groups in total. The predicted octanol–water partition coefficient (Wildman–Crippen LogP) is 2.61. The van der Waals surface area contributed by atoms with Crippen LogP contribution in [0, 0.1) is 5.92 Å². The minimum absolute atomic E-state index is 0.389. The molecule has 0 aliphatic heterocycles. The molecule has 2 atom stereocenters. The molecule has 1 aromatic rings. The van der Waals surface area contributed by atoms with Crippen LogP contribution in [-0.4, -0.2) is 15.7 Å². The molecule has 0 amide bonds. The zero-order valence-electron chi connectivity index (χ0n) is 9.69. The largest absolute Gasteiger partial charge is 0.388 e. The molecule has 1 aliphatic carbocycles. The molecule has 1 aliphatic rings. The summed E-state index contributed by atoms with van der Waals surface area (Å²) in [7, 11) is 0. The summed E-state index contributed by atoms with van der Waals surface area (Å²) in [5, 5.41) is 4.65. The summed E-state index contributed by atoms with van der Waals surface area (Å²) in [4.78, 5) is 0. The first kappa shape index (κ1) is 11.8. The second kappa shape index (κ2) is 5.59. The summed E-state index contributed by atoms with van der Waals surface area (Å²) < 4.78 is 9.75. The minimum atomic E-state index is 0.389. The van der Waals surface area contributed by atoms with E-state index in [1.54, 1.807) is 0 Å². The lowest BCUT2D eigenvalue weighted by molar-refractivity contribution is -0.0232. The molecule has 1 saturated carbocycles. The predicted molar refractivity (Wildman–Crippen MR) is 65.1 cm³/mol.